The maximum atomic E-state index is 12.4. The van der Waals surface area contributed by atoms with Crippen molar-refractivity contribution in [2.75, 3.05) is 13.2 Å². The van der Waals surface area contributed by atoms with E-state index in [2.05, 4.69) is 12.2 Å². The average molecular weight is 329 g/mol. The van der Waals surface area contributed by atoms with E-state index in [0.717, 1.165) is 25.7 Å². The average Bonchev–Trinajstić information content (AvgIpc) is 2.46. The molecule has 6 nitrogen and oxygen atoms in total. The maximum absolute atomic E-state index is 12.4. The molecule has 0 aliphatic carbocycles. The summed E-state index contributed by atoms with van der Waals surface area (Å²) in [5.74, 6) is -1.90. The van der Waals surface area contributed by atoms with Crippen LogP contribution in [0.2, 0.25) is 0 Å². The molecule has 6 heteroatoms. The highest BCUT2D eigenvalue weighted by atomic mass is 16.6. The van der Waals surface area contributed by atoms with Gasteiger partial charge in [-0.25, -0.2) is 9.59 Å². The molecule has 0 heterocycles. The molecule has 0 aromatic carbocycles. The second kappa shape index (κ2) is 11.0. The van der Waals surface area contributed by atoms with Gasteiger partial charge in [0.25, 0.3) is 0 Å². The van der Waals surface area contributed by atoms with Crippen molar-refractivity contribution < 1.29 is 23.9 Å². The molecule has 1 amide bonds. The summed E-state index contributed by atoms with van der Waals surface area (Å²) < 4.78 is 10.1. The quantitative estimate of drug-likeness (QED) is 0.358. The van der Waals surface area contributed by atoms with Crippen LogP contribution < -0.4 is 5.32 Å². The van der Waals surface area contributed by atoms with E-state index in [4.69, 9.17) is 9.47 Å². The van der Waals surface area contributed by atoms with Crippen LogP contribution >= 0.6 is 0 Å². The van der Waals surface area contributed by atoms with E-state index in [1.54, 1.807) is 13.8 Å². The molecule has 0 saturated heterocycles. The van der Waals surface area contributed by atoms with Crippen molar-refractivity contribution in [2.24, 2.45) is 5.92 Å². The number of nitrogens with one attached hydrogen (secondary N) is 1. The Morgan fingerprint density at radius 2 is 1.52 bits per heavy atom. The zero-order valence-corrected chi connectivity index (χ0v) is 15.1. The van der Waals surface area contributed by atoms with Crippen molar-refractivity contribution in [3.05, 3.63) is 0 Å². The van der Waals surface area contributed by atoms with Gasteiger partial charge in [0.2, 0.25) is 11.4 Å². The monoisotopic (exact) mass is 329 g/mol. The van der Waals surface area contributed by atoms with Crippen LogP contribution in [0.3, 0.4) is 0 Å². The third-order valence-corrected chi connectivity index (χ3v) is 3.59. The van der Waals surface area contributed by atoms with Gasteiger partial charge in [0.1, 0.15) is 0 Å². The second-order valence-corrected chi connectivity index (χ2v) is 5.83. The highest BCUT2D eigenvalue weighted by Crippen LogP contribution is 2.25. The minimum absolute atomic E-state index is 0.0715. The SMILES string of the molecule is CCCCC[C@@H](C)CC(NC(C)=O)(C(=O)OCC)C(=O)OCC. The number of amides is 1. The van der Waals surface area contributed by atoms with Crippen LogP contribution in [0.15, 0.2) is 0 Å². The first kappa shape index (κ1) is 21.4. The lowest BCUT2D eigenvalue weighted by Gasteiger charge is -2.31. The molecule has 0 aromatic rings. The Hall–Kier alpha value is -1.59. The fourth-order valence-electron chi connectivity index (χ4n) is 2.58. The lowest BCUT2D eigenvalue weighted by atomic mass is 9.85. The molecule has 0 rings (SSSR count). The molecule has 0 unspecified atom stereocenters. The third kappa shape index (κ3) is 7.01. The van der Waals surface area contributed by atoms with Crippen LogP contribution in [0.4, 0.5) is 0 Å². The smallest absolute Gasteiger partial charge is 0.343 e. The van der Waals surface area contributed by atoms with Gasteiger partial charge in [-0.05, 0) is 26.2 Å². The number of ether oxygens (including phenoxy) is 2. The molecule has 0 bridgehead atoms. The van der Waals surface area contributed by atoms with E-state index >= 15 is 0 Å². The Bertz CT molecular complexity index is 376. The minimum atomic E-state index is -1.76. The molecule has 0 fully saturated rings. The van der Waals surface area contributed by atoms with Crippen LogP contribution in [0.5, 0.6) is 0 Å². The zero-order valence-electron chi connectivity index (χ0n) is 15.1. The highest BCUT2D eigenvalue weighted by Gasteiger charge is 2.50. The Labute approximate surface area is 139 Å². The first-order valence-electron chi connectivity index (χ1n) is 8.47. The normalized spacial score (nSPS) is 12.4. The molecule has 1 N–H and O–H groups in total. The molecular formula is C17H31NO5. The zero-order chi connectivity index (χ0) is 17.9. The van der Waals surface area contributed by atoms with Crippen molar-refractivity contribution in [1.82, 2.24) is 5.32 Å². The van der Waals surface area contributed by atoms with E-state index < -0.39 is 23.4 Å². The van der Waals surface area contributed by atoms with Crippen LogP contribution in [0, 0.1) is 5.92 Å². The van der Waals surface area contributed by atoms with Crippen molar-refractivity contribution in [3.8, 4) is 0 Å². The Morgan fingerprint density at radius 3 is 1.91 bits per heavy atom. The highest BCUT2D eigenvalue weighted by molar-refractivity contribution is 6.07. The minimum Gasteiger partial charge on any atom is -0.464 e. The van der Waals surface area contributed by atoms with Gasteiger partial charge in [0.05, 0.1) is 13.2 Å². The summed E-state index contributed by atoms with van der Waals surface area (Å²) in [6.45, 7) is 8.93. The lowest BCUT2D eigenvalue weighted by Crippen LogP contribution is -2.61. The maximum Gasteiger partial charge on any atom is 0.343 e. The van der Waals surface area contributed by atoms with Crippen molar-refractivity contribution in [2.45, 2.75) is 72.3 Å². The van der Waals surface area contributed by atoms with E-state index in [1.807, 2.05) is 6.92 Å². The number of rotatable bonds is 11. The fourth-order valence-corrected chi connectivity index (χ4v) is 2.58. The summed E-state index contributed by atoms with van der Waals surface area (Å²) in [5, 5.41) is 2.50. The summed E-state index contributed by atoms with van der Waals surface area (Å²) in [5.41, 5.74) is -1.76. The number of hydrogen-bond donors (Lipinski definition) is 1. The van der Waals surface area contributed by atoms with Gasteiger partial charge in [-0.3, -0.25) is 4.79 Å². The topological polar surface area (TPSA) is 81.7 Å². The summed E-state index contributed by atoms with van der Waals surface area (Å²) in [4.78, 5) is 36.5. The van der Waals surface area contributed by atoms with Gasteiger partial charge in [-0.1, -0.05) is 39.5 Å². The van der Waals surface area contributed by atoms with Gasteiger partial charge in [0, 0.05) is 6.92 Å². The largest absolute Gasteiger partial charge is 0.464 e. The molecule has 0 aromatic heterocycles. The molecule has 0 aliphatic heterocycles. The molecule has 0 saturated carbocycles. The van der Waals surface area contributed by atoms with Crippen LogP contribution in [0.25, 0.3) is 0 Å². The molecule has 0 radical (unpaired) electrons. The molecule has 0 spiro atoms. The molecule has 23 heavy (non-hydrogen) atoms. The Balaban J connectivity index is 5.38. The van der Waals surface area contributed by atoms with Crippen LogP contribution in [-0.4, -0.2) is 36.6 Å². The third-order valence-electron chi connectivity index (χ3n) is 3.59. The van der Waals surface area contributed by atoms with Crippen molar-refractivity contribution >= 4 is 17.8 Å². The van der Waals surface area contributed by atoms with Crippen LogP contribution in [-0.2, 0) is 23.9 Å². The summed E-state index contributed by atoms with van der Waals surface area (Å²) in [7, 11) is 0. The number of carbonyl (C=O) groups excluding carboxylic acids is 3. The first-order valence-corrected chi connectivity index (χ1v) is 8.47. The number of esters is 2. The Morgan fingerprint density at radius 1 is 1.00 bits per heavy atom. The van der Waals surface area contributed by atoms with Gasteiger partial charge >= 0.3 is 11.9 Å². The van der Waals surface area contributed by atoms with Gasteiger partial charge in [0.15, 0.2) is 0 Å². The summed E-state index contributed by atoms with van der Waals surface area (Å²) >= 11 is 0. The van der Waals surface area contributed by atoms with E-state index in [0.29, 0.717) is 0 Å². The fraction of sp³-hybridized carbons (Fsp3) is 0.824. The molecule has 0 aliphatic rings. The lowest BCUT2D eigenvalue weighted by molar-refractivity contribution is -0.169. The van der Waals surface area contributed by atoms with E-state index in [9.17, 15) is 14.4 Å². The molecular weight excluding hydrogens is 298 g/mol. The molecule has 1 atom stereocenters. The van der Waals surface area contributed by atoms with Gasteiger partial charge in [-0.15, -0.1) is 0 Å². The Kier molecular flexibility index (Phi) is 10.3. The van der Waals surface area contributed by atoms with Crippen LogP contribution in [0.1, 0.15) is 66.7 Å². The second-order valence-electron chi connectivity index (χ2n) is 5.83. The summed E-state index contributed by atoms with van der Waals surface area (Å²) in [6, 6.07) is 0. The van der Waals surface area contributed by atoms with Gasteiger partial charge in [-0.2, -0.15) is 0 Å². The predicted molar refractivity (Wildman–Crippen MR) is 87.7 cm³/mol. The van der Waals surface area contributed by atoms with Crippen molar-refractivity contribution in [3.63, 3.8) is 0 Å². The number of hydrogen-bond acceptors (Lipinski definition) is 5. The summed E-state index contributed by atoms with van der Waals surface area (Å²) in [6.07, 6.45) is 4.25. The standard InChI is InChI=1S/C17H31NO5/c1-6-9-10-11-13(4)12-17(18-14(5)19,15(20)22-7-2)16(21)23-8-3/h13H,6-12H2,1-5H3,(H,18,19)/t13-/m1/s1. The number of unbranched alkanes of at least 4 members (excludes halogenated alkanes) is 2. The van der Waals surface area contributed by atoms with Crippen molar-refractivity contribution in [1.29, 1.82) is 0 Å². The first-order chi connectivity index (χ1) is 10.8. The molecule has 134 valence electrons. The van der Waals surface area contributed by atoms with E-state index in [-0.39, 0.29) is 25.6 Å². The van der Waals surface area contributed by atoms with Gasteiger partial charge < -0.3 is 14.8 Å². The number of carbonyl (C=O) groups is 3. The van der Waals surface area contributed by atoms with E-state index in [1.165, 1.54) is 6.92 Å². The predicted octanol–water partition coefficient (Wildman–Crippen LogP) is 2.59.